The first-order chi connectivity index (χ1) is 12.1. The van der Waals surface area contributed by atoms with E-state index in [1.807, 2.05) is 30.3 Å². The molecule has 0 unspecified atom stereocenters. The molecule has 2 aromatic carbocycles. The van der Waals surface area contributed by atoms with Crippen LogP contribution in [0.5, 0.6) is 0 Å². The molecule has 0 saturated carbocycles. The zero-order chi connectivity index (χ0) is 17.8. The van der Waals surface area contributed by atoms with Crippen LogP contribution in [0, 0.1) is 10.1 Å². The van der Waals surface area contributed by atoms with Gasteiger partial charge in [-0.05, 0) is 11.1 Å². The van der Waals surface area contributed by atoms with Crippen LogP contribution in [0.4, 0.5) is 5.69 Å². The molecule has 0 spiro atoms. The summed E-state index contributed by atoms with van der Waals surface area (Å²) in [6.07, 6.45) is 0.664. The van der Waals surface area contributed by atoms with Crippen LogP contribution in [-0.4, -0.2) is 27.4 Å². The minimum absolute atomic E-state index is 0.00426. The van der Waals surface area contributed by atoms with Gasteiger partial charge < -0.3 is 0 Å². The lowest BCUT2D eigenvalue weighted by molar-refractivity contribution is -0.384. The van der Waals surface area contributed by atoms with Gasteiger partial charge in [-0.1, -0.05) is 42.5 Å². The molecule has 1 heterocycles. The second-order valence-corrected chi connectivity index (χ2v) is 6.04. The molecular formula is C18H16ClN3O3. The number of hydrazone groups is 1. The van der Waals surface area contributed by atoms with Gasteiger partial charge in [0.1, 0.15) is 0 Å². The fraction of sp³-hybridized carbons (Fsp3) is 0.222. The van der Waals surface area contributed by atoms with Gasteiger partial charge in [-0.3, -0.25) is 14.9 Å². The Morgan fingerprint density at radius 3 is 2.68 bits per heavy atom. The number of hydrogen-bond acceptors (Lipinski definition) is 4. The quantitative estimate of drug-likeness (QED) is 0.462. The summed E-state index contributed by atoms with van der Waals surface area (Å²) >= 11 is 5.70. The van der Waals surface area contributed by atoms with Crippen molar-refractivity contribution in [3.8, 4) is 0 Å². The Labute approximate surface area is 149 Å². The van der Waals surface area contributed by atoms with Gasteiger partial charge in [0.25, 0.3) is 5.69 Å². The highest BCUT2D eigenvalue weighted by molar-refractivity contribution is 6.19. The Bertz CT molecular complexity index is 823. The van der Waals surface area contributed by atoms with Crippen LogP contribution in [0.15, 0.2) is 59.7 Å². The van der Waals surface area contributed by atoms with Gasteiger partial charge in [-0.2, -0.15) is 5.10 Å². The SMILES string of the molecule is O=C(CCCl)N1N=C(c2ccccc2)C[C@H]1c1cccc([N+](=O)[O-])c1. The topological polar surface area (TPSA) is 75.8 Å². The summed E-state index contributed by atoms with van der Waals surface area (Å²) < 4.78 is 0. The number of carbonyl (C=O) groups excluding carboxylic acids is 1. The highest BCUT2D eigenvalue weighted by Gasteiger charge is 2.33. The lowest BCUT2D eigenvalue weighted by atomic mass is 9.98. The number of benzene rings is 2. The van der Waals surface area contributed by atoms with Crippen LogP contribution in [-0.2, 0) is 4.79 Å². The van der Waals surface area contributed by atoms with Crippen LogP contribution in [0.3, 0.4) is 0 Å². The van der Waals surface area contributed by atoms with Gasteiger partial charge in [0.2, 0.25) is 5.91 Å². The summed E-state index contributed by atoms with van der Waals surface area (Å²) in [6.45, 7) is 0. The number of rotatable bonds is 5. The molecule has 3 rings (SSSR count). The molecule has 1 atom stereocenters. The molecule has 1 amide bonds. The van der Waals surface area contributed by atoms with Crippen molar-refractivity contribution in [2.75, 3.05) is 5.88 Å². The van der Waals surface area contributed by atoms with Gasteiger partial charge in [-0.25, -0.2) is 5.01 Å². The van der Waals surface area contributed by atoms with Crippen LogP contribution in [0.1, 0.15) is 30.0 Å². The molecule has 0 saturated heterocycles. The summed E-state index contributed by atoms with van der Waals surface area (Å²) in [5.41, 5.74) is 2.39. The van der Waals surface area contributed by atoms with E-state index < -0.39 is 4.92 Å². The third-order valence-corrected chi connectivity index (χ3v) is 4.24. The second kappa shape index (κ2) is 7.44. The van der Waals surface area contributed by atoms with Crippen molar-refractivity contribution in [3.05, 3.63) is 75.8 Å². The second-order valence-electron chi connectivity index (χ2n) is 5.66. The monoisotopic (exact) mass is 357 g/mol. The number of nitro benzene ring substituents is 1. The zero-order valence-electron chi connectivity index (χ0n) is 13.3. The van der Waals surface area contributed by atoms with E-state index in [1.54, 1.807) is 12.1 Å². The third kappa shape index (κ3) is 3.69. The molecule has 128 valence electrons. The normalized spacial score (nSPS) is 16.6. The molecule has 1 aliphatic heterocycles. The maximum atomic E-state index is 12.4. The molecule has 0 aliphatic carbocycles. The number of hydrogen-bond donors (Lipinski definition) is 0. The smallest absolute Gasteiger partial charge is 0.269 e. The van der Waals surface area contributed by atoms with Gasteiger partial charge >= 0.3 is 0 Å². The number of amides is 1. The maximum Gasteiger partial charge on any atom is 0.269 e. The standard InChI is InChI=1S/C18H16ClN3O3/c19-10-9-18(23)21-17(14-7-4-8-15(11-14)22(24)25)12-16(20-21)13-5-2-1-3-6-13/h1-8,11,17H,9-10,12H2/t17-/m0/s1. The van der Waals surface area contributed by atoms with Crippen LogP contribution < -0.4 is 0 Å². The first kappa shape index (κ1) is 17.1. The summed E-state index contributed by atoms with van der Waals surface area (Å²) in [7, 11) is 0. The van der Waals surface area contributed by atoms with Gasteiger partial charge in [0.15, 0.2) is 0 Å². The van der Waals surface area contributed by atoms with Gasteiger partial charge in [-0.15, -0.1) is 11.6 Å². The van der Waals surface area contributed by atoms with E-state index in [1.165, 1.54) is 17.1 Å². The van der Waals surface area contributed by atoms with E-state index in [9.17, 15) is 14.9 Å². The fourth-order valence-electron chi connectivity index (χ4n) is 2.85. The van der Waals surface area contributed by atoms with E-state index in [0.29, 0.717) is 12.0 Å². The summed E-state index contributed by atoms with van der Waals surface area (Å²) in [5.74, 6) is 0.00475. The van der Waals surface area contributed by atoms with Crippen molar-refractivity contribution in [2.24, 2.45) is 5.10 Å². The minimum atomic E-state index is -0.442. The zero-order valence-corrected chi connectivity index (χ0v) is 14.1. The summed E-state index contributed by atoms with van der Waals surface area (Å²) in [4.78, 5) is 23.0. The maximum absolute atomic E-state index is 12.4. The van der Waals surface area contributed by atoms with Crippen molar-refractivity contribution in [2.45, 2.75) is 18.9 Å². The third-order valence-electron chi connectivity index (χ3n) is 4.05. The molecule has 25 heavy (non-hydrogen) atoms. The lowest BCUT2D eigenvalue weighted by Gasteiger charge is -2.21. The molecule has 6 nitrogen and oxygen atoms in total. The Kier molecular flexibility index (Phi) is 5.09. The average Bonchev–Trinajstić information content (AvgIpc) is 3.08. The van der Waals surface area contributed by atoms with E-state index in [2.05, 4.69) is 5.10 Å². The van der Waals surface area contributed by atoms with Crippen molar-refractivity contribution < 1.29 is 9.72 Å². The highest BCUT2D eigenvalue weighted by atomic mass is 35.5. The lowest BCUT2D eigenvalue weighted by Crippen LogP contribution is -2.27. The summed E-state index contributed by atoms with van der Waals surface area (Å²) in [5, 5.41) is 16.9. The Hall–Kier alpha value is -2.73. The van der Waals surface area contributed by atoms with E-state index in [0.717, 1.165) is 11.3 Å². The first-order valence-corrected chi connectivity index (χ1v) is 8.39. The van der Waals surface area contributed by atoms with Crippen LogP contribution in [0.2, 0.25) is 0 Å². The molecular weight excluding hydrogens is 342 g/mol. The number of nitro groups is 1. The van der Waals surface area contributed by atoms with Crippen molar-refractivity contribution >= 4 is 28.9 Å². The Morgan fingerprint density at radius 2 is 2.00 bits per heavy atom. The van der Waals surface area contributed by atoms with Crippen LogP contribution in [0.25, 0.3) is 0 Å². The predicted molar refractivity (Wildman–Crippen MR) is 95.6 cm³/mol. The van der Waals surface area contributed by atoms with Crippen molar-refractivity contribution in [3.63, 3.8) is 0 Å². The van der Waals surface area contributed by atoms with E-state index in [4.69, 9.17) is 11.6 Å². The molecule has 0 N–H and O–H groups in total. The molecule has 1 aliphatic rings. The first-order valence-electron chi connectivity index (χ1n) is 7.85. The Balaban J connectivity index is 1.96. The van der Waals surface area contributed by atoms with E-state index in [-0.39, 0.29) is 29.9 Å². The predicted octanol–water partition coefficient (Wildman–Crippen LogP) is 3.90. The number of non-ortho nitro benzene ring substituents is 1. The molecule has 0 aromatic heterocycles. The molecule has 2 aromatic rings. The number of nitrogens with zero attached hydrogens (tertiary/aromatic N) is 3. The van der Waals surface area contributed by atoms with Gasteiger partial charge in [0.05, 0.1) is 16.7 Å². The average molecular weight is 358 g/mol. The fourth-order valence-corrected chi connectivity index (χ4v) is 3.01. The highest BCUT2D eigenvalue weighted by Crippen LogP contribution is 2.34. The van der Waals surface area contributed by atoms with Crippen molar-refractivity contribution in [1.29, 1.82) is 0 Å². The molecule has 0 fully saturated rings. The molecule has 0 bridgehead atoms. The number of halogens is 1. The summed E-state index contributed by atoms with van der Waals surface area (Å²) in [6, 6.07) is 15.5. The largest absolute Gasteiger partial charge is 0.273 e. The number of alkyl halides is 1. The van der Waals surface area contributed by atoms with Crippen molar-refractivity contribution in [1.82, 2.24) is 5.01 Å². The number of carbonyl (C=O) groups is 1. The minimum Gasteiger partial charge on any atom is -0.273 e. The van der Waals surface area contributed by atoms with Gasteiger partial charge in [0, 0.05) is 30.9 Å². The van der Waals surface area contributed by atoms with E-state index >= 15 is 0 Å². The molecule has 7 heteroatoms. The van der Waals surface area contributed by atoms with Crippen LogP contribution >= 0.6 is 11.6 Å². The molecule has 0 radical (unpaired) electrons. The Morgan fingerprint density at radius 1 is 1.24 bits per heavy atom.